The smallest absolute Gasteiger partial charge is 0.281 e. The van der Waals surface area contributed by atoms with E-state index < -0.39 is 10.2 Å². The monoisotopic (exact) mass is 431 g/mol. The van der Waals surface area contributed by atoms with Crippen molar-refractivity contribution in [3.63, 3.8) is 0 Å². The zero-order chi connectivity index (χ0) is 21.3. The Kier molecular flexibility index (Phi) is 5.95. The van der Waals surface area contributed by atoms with Crippen molar-refractivity contribution in [1.82, 2.24) is 18.6 Å². The van der Waals surface area contributed by atoms with Crippen LogP contribution in [0.15, 0.2) is 30.3 Å². The molecule has 9 heteroatoms. The summed E-state index contributed by atoms with van der Waals surface area (Å²) in [7, 11) is 2.09. The highest BCUT2D eigenvalue weighted by Crippen LogP contribution is 2.32. The molecule has 0 amide bonds. The standard InChI is InChI=1S/C21H29N5O3S/c1-24(2)21-22-19(16-6-8-18(29-3)9-7-16)14-20(23-21)17-10-13-26(15-17)30(27,28)25-11-4-5-12-25/h6-9,14,17H,4-5,10-13,15H2,1-3H3/t17-/m1/s1. The van der Waals surface area contributed by atoms with Gasteiger partial charge < -0.3 is 9.64 Å². The predicted octanol–water partition coefficient (Wildman–Crippen LogP) is 2.35. The van der Waals surface area contributed by atoms with E-state index in [1.807, 2.05) is 49.3 Å². The normalized spacial score (nSPS) is 20.6. The van der Waals surface area contributed by atoms with Crippen LogP contribution in [0.25, 0.3) is 11.3 Å². The van der Waals surface area contributed by atoms with Crippen LogP contribution in [0, 0.1) is 0 Å². The molecule has 0 bridgehead atoms. The van der Waals surface area contributed by atoms with Gasteiger partial charge in [-0.2, -0.15) is 17.0 Å². The third kappa shape index (κ3) is 4.14. The van der Waals surface area contributed by atoms with Crippen molar-refractivity contribution >= 4 is 16.2 Å². The molecule has 2 fully saturated rings. The van der Waals surface area contributed by atoms with Gasteiger partial charge in [-0.25, -0.2) is 9.97 Å². The molecule has 1 aromatic heterocycles. The third-order valence-electron chi connectivity index (χ3n) is 5.81. The molecule has 8 nitrogen and oxygen atoms in total. The van der Waals surface area contributed by atoms with Crippen LogP contribution in [-0.2, 0) is 10.2 Å². The fourth-order valence-electron chi connectivity index (χ4n) is 4.03. The first-order valence-corrected chi connectivity index (χ1v) is 11.7. The number of methoxy groups -OCH3 is 1. The van der Waals surface area contributed by atoms with Crippen molar-refractivity contribution in [3.05, 3.63) is 36.0 Å². The molecule has 0 unspecified atom stereocenters. The van der Waals surface area contributed by atoms with Crippen molar-refractivity contribution in [2.45, 2.75) is 25.2 Å². The van der Waals surface area contributed by atoms with Crippen LogP contribution in [0.1, 0.15) is 30.9 Å². The number of rotatable bonds is 6. The maximum atomic E-state index is 12.9. The summed E-state index contributed by atoms with van der Waals surface area (Å²) in [6.45, 7) is 2.25. The Balaban J connectivity index is 1.61. The van der Waals surface area contributed by atoms with Crippen LogP contribution >= 0.6 is 0 Å². The molecular weight excluding hydrogens is 402 g/mol. The highest BCUT2D eigenvalue weighted by atomic mass is 32.2. The van der Waals surface area contributed by atoms with E-state index >= 15 is 0 Å². The van der Waals surface area contributed by atoms with Gasteiger partial charge in [0.05, 0.1) is 18.5 Å². The van der Waals surface area contributed by atoms with Crippen molar-refractivity contribution in [2.75, 3.05) is 52.3 Å². The molecule has 0 radical (unpaired) electrons. The summed E-state index contributed by atoms with van der Waals surface area (Å²) in [6, 6.07) is 9.76. The average molecular weight is 432 g/mol. The lowest BCUT2D eigenvalue weighted by atomic mass is 10.0. The van der Waals surface area contributed by atoms with Gasteiger partial charge in [0.1, 0.15) is 5.75 Å². The molecule has 1 aromatic carbocycles. The molecule has 162 valence electrons. The Hall–Kier alpha value is -2.23. The highest BCUT2D eigenvalue weighted by molar-refractivity contribution is 7.86. The Bertz CT molecular complexity index is 988. The summed E-state index contributed by atoms with van der Waals surface area (Å²) in [5, 5.41) is 0. The number of ether oxygens (including phenoxy) is 1. The summed E-state index contributed by atoms with van der Waals surface area (Å²) < 4.78 is 34.4. The van der Waals surface area contributed by atoms with Gasteiger partial charge in [0.15, 0.2) is 0 Å². The van der Waals surface area contributed by atoms with Crippen LogP contribution in [0.3, 0.4) is 0 Å². The number of nitrogens with zero attached hydrogens (tertiary/aromatic N) is 5. The number of hydrogen-bond donors (Lipinski definition) is 0. The molecular formula is C21H29N5O3S. The number of anilines is 1. The van der Waals surface area contributed by atoms with E-state index in [1.54, 1.807) is 15.7 Å². The van der Waals surface area contributed by atoms with Gasteiger partial charge in [0, 0.05) is 51.8 Å². The van der Waals surface area contributed by atoms with E-state index in [2.05, 4.69) is 0 Å². The minimum absolute atomic E-state index is 0.0566. The van der Waals surface area contributed by atoms with Crippen LogP contribution in [0.2, 0.25) is 0 Å². The summed E-state index contributed by atoms with van der Waals surface area (Å²) in [6.07, 6.45) is 2.65. The quantitative estimate of drug-likeness (QED) is 0.699. The van der Waals surface area contributed by atoms with Crippen molar-refractivity contribution in [3.8, 4) is 17.0 Å². The van der Waals surface area contributed by atoms with Crippen molar-refractivity contribution < 1.29 is 13.2 Å². The lowest BCUT2D eigenvalue weighted by Crippen LogP contribution is -2.41. The molecule has 1 atom stereocenters. The Morgan fingerprint density at radius 1 is 1.03 bits per heavy atom. The number of benzene rings is 1. The summed E-state index contributed by atoms with van der Waals surface area (Å²) in [5.41, 5.74) is 2.69. The topological polar surface area (TPSA) is 78.9 Å². The molecule has 30 heavy (non-hydrogen) atoms. The van der Waals surface area contributed by atoms with E-state index in [9.17, 15) is 8.42 Å². The second-order valence-corrected chi connectivity index (χ2v) is 9.99. The van der Waals surface area contributed by atoms with E-state index in [4.69, 9.17) is 14.7 Å². The SMILES string of the molecule is COc1ccc(-c2cc([C@@H]3CCN(S(=O)(=O)N4CCCC4)C3)nc(N(C)C)n2)cc1. The highest BCUT2D eigenvalue weighted by Gasteiger charge is 2.37. The average Bonchev–Trinajstić information content (AvgIpc) is 3.46. The Labute approximate surface area is 178 Å². The van der Waals surface area contributed by atoms with Gasteiger partial charge in [-0.1, -0.05) is 0 Å². The fourth-order valence-corrected chi connectivity index (χ4v) is 5.78. The third-order valence-corrected chi connectivity index (χ3v) is 7.81. The Morgan fingerprint density at radius 3 is 2.37 bits per heavy atom. The van der Waals surface area contributed by atoms with Gasteiger partial charge in [-0.3, -0.25) is 0 Å². The molecule has 2 aliphatic rings. The number of aromatic nitrogens is 2. The zero-order valence-electron chi connectivity index (χ0n) is 17.8. The summed E-state index contributed by atoms with van der Waals surface area (Å²) >= 11 is 0. The molecule has 0 saturated carbocycles. The van der Waals surface area contributed by atoms with E-state index in [1.165, 1.54) is 0 Å². The van der Waals surface area contributed by atoms with Gasteiger partial charge in [0.25, 0.3) is 10.2 Å². The second kappa shape index (κ2) is 8.49. The second-order valence-electron chi connectivity index (χ2n) is 8.06. The molecule has 0 N–H and O–H groups in total. The fraction of sp³-hybridized carbons (Fsp3) is 0.524. The van der Waals surface area contributed by atoms with Gasteiger partial charge in [0.2, 0.25) is 5.95 Å². The van der Waals surface area contributed by atoms with Crippen LogP contribution < -0.4 is 9.64 Å². The maximum Gasteiger partial charge on any atom is 0.281 e. The Morgan fingerprint density at radius 2 is 1.73 bits per heavy atom. The minimum atomic E-state index is -3.38. The molecule has 3 heterocycles. The maximum absolute atomic E-state index is 12.9. The molecule has 2 aliphatic heterocycles. The van der Waals surface area contributed by atoms with E-state index in [0.29, 0.717) is 32.1 Å². The van der Waals surface area contributed by atoms with Crippen molar-refractivity contribution in [2.24, 2.45) is 0 Å². The lowest BCUT2D eigenvalue weighted by molar-refractivity contribution is 0.395. The van der Waals surface area contributed by atoms with Crippen LogP contribution in [0.4, 0.5) is 5.95 Å². The first kappa shape index (κ1) is 21.0. The predicted molar refractivity (Wildman–Crippen MR) is 117 cm³/mol. The van der Waals surface area contributed by atoms with Gasteiger partial charge in [-0.05, 0) is 49.6 Å². The lowest BCUT2D eigenvalue weighted by Gasteiger charge is -2.23. The summed E-state index contributed by atoms with van der Waals surface area (Å²) in [4.78, 5) is 11.3. The first-order valence-electron chi connectivity index (χ1n) is 10.3. The van der Waals surface area contributed by atoms with Gasteiger partial charge in [-0.15, -0.1) is 0 Å². The molecule has 2 aromatic rings. The van der Waals surface area contributed by atoms with Crippen LogP contribution in [0.5, 0.6) is 5.75 Å². The van der Waals surface area contributed by atoms with E-state index in [0.717, 1.165) is 42.0 Å². The molecule has 0 aliphatic carbocycles. The molecule has 2 saturated heterocycles. The zero-order valence-corrected chi connectivity index (χ0v) is 18.6. The van der Waals surface area contributed by atoms with Crippen LogP contribution in [-0.4, -0.2) is 74.4 Å². The molecule has 4 rings (SSSR count). The van der Waals surface area contributed by atoms with E-state index in [-0.39, 0.29) is 5.92 Å². The molecule has 0 spiro atoms. The largest absolute Gasteiger partial charge is 0.497 e. The van der Waals surface area contributed by atoms with Gasteiger partial charge >= 0.3 is 0 Å². The minimum Gasteiger partial charge on any atom is -0.497 e. The van der Waals surface area contributed by atoms with Crippen molar-refractivity contribution in [1.29, 1.82) is 0 Å². The summed E-state index contributed by atoms with van der Waals surface area (Å²) in [5.74, 6) is 1.47. The number of hydrogen-bond acceptors (Lipinski definition) is 6. The first-order chi connectivity index (χ1) is 14.4.